The first-order valence-electron chi connectivity index (χ1n) is 11.1. The van der Waals surface area contributed by atoms with Crippen molar-refractivity contribution in [3.8, 4) is 0 Å². The van der Waals surface area contributed by atoms with E-state index in [-0.39, 0.29) is 37.0 Å². The van der Waals surface area contributed by atoms with Gasteiger partial charge in [-0.05, 0) is 52.9 Å². The molecule has 0 aromatic carbocycles. The highest BCUT2D eigenvalue weighted by atomic mass is 16.7. The Kier molecular flexibility index (Phi) is 9.36. The maximum atomic E-state index is 6.21. The molecule has 0 saturated carbocycles. The Morgan fingerprint density at radius 1 is 0.615 bits per heavy atom. The average Bonchev–Trinajstić information content (AvgIpc) is 3.15. The Hall–Kier alpha value is -0.160. The van der Waals surface area contributed by atoms with Gasteiger partial charge >= 0.3 is 0 Å². The molecule has 2 saturated heterocycles. The second kappa shape index (κ2) is 11.0. The molecule has 0 amide bonds. The lowest BCUT2D eigenvalue weighted by Crippen LogP contribution is -2.22. The lowest BCUT2D eigenvalue weighted by molar-refractivity contribution is -0.106. The van der Waals surface area contributed by atoms with Gasteiger partial charge in [0.25, 0.3) is 0 Å². The molecule has 0 N–H and O–H groups in total. The van der Waals surface area contributed by atoms with Crippen molar-refractivity contribution in [2.75, 3.05) is 0 Å². The van der Waals surface area contributed by atoms with E-state index < -0.39 is 0 Å². The van der Waals surface area contributed by atoms with Gasteiger partial charge in [-0.15, -0.1) is 0 Å². The minimum absolute atomic E-state index is 0.00244. The highest BCUT2D eigenvalue weighted by Crippen LogP contribution is 2.32. The van der Waals surface area contributed by atoms with E-state index in [1.54, 1.807) is 0 Å². The maximum absolute atomic E-state index is 6.21. The lowest BCUT2D eigenvalue weighted by atomic mass is 9.97. The van der Waals surface area contributed by atoms with Crippen LogP contribution in [0.1, 0.15) is 92.9 Å². The van der Waals surface area contributed by atoms with Crippen LogP contribution in [0.4, 0.5) is 0 Å². The van der Waals surface area contributed by atoms with Gasteiger partial charge in [0.2, 0.25) is 0 Å². The predicted octanol–water partition coefficient (Wildman–Crippen LogP) is 5.68. The van der Waals surface area contributed by atoms with Crippen molar-refractivity contribution in [3.05, 3.63) is 0 Å². The molecule has 2 heterocycles. The largest absolute Gasteiger partial charge is 0.347 e. The van der Waals surface area contributed by atoms with Crippen LogP contribution < -0.4 is 0 Å². The monoisotopic (exact) mass is 370 g/mol. The summed E-state index contributed by atoms with van der Waals surface area (Å²) in [7, 11) is 0. The van der Waals surface area contributed by atoms with Gasteiger partial charge in [0, 0.05) is 11.8 Å². The molecule has 0 radical (unpaired) electrons. The van der Waals surface area contributed by atoms with Gasteiger partial charge in [-0.2, -0.15) is 0 Å². The van der Waals surface area contributed by atoms with Crippen LogP contribution in [0.2, 0.25) is 0 Å². The highest BCUT2D eigenvalue weighted by Gasteiger charge is 2.36. The van der Waals surface area contributed by atoms with E-state index in [2.05, 4.69) is 41.5 Å². The standard InChI is InChI=1S/C22H42O4/c1-7-18(8-2)21-25-17(6)20(26-21)14-12-10-11-13-19(9-3)22-23-15(4)16(5)24-22/h15-22H,7-14H2,1-6H3. The number of hydrogen-bond acceptors (Lipinski definition) is 4. The Morgan fingerprint density at radius 3 is 1.73 bits per heavy atom. The molecule has 4 heteroatoms. The first kappa shape index (κ1) is 22.1. The third-order valence-electron chi connectivity index (χ3n) is 6.45. The zero-order valence-electron chi connectivity index (χ0n) is 17.9. The van der Waals surface area contributed by atoms with Gasteiger partial charge < -0.3 is 18.9 Å². The predicted molar refractivity (Wildman–Crippen MR) is 105 cm³/mol. The summed E-state index contributed by atoms with van der Waals surface area (Å²) in [5.74, 6) is 1.05. The van der Waals surface area contributed by atoms with Crippen LogP contribution in [-0.4, -0.2) is 37.0 Å². The Morgan fingerprint density at radius 2 is 1.15 bits per heavy atom. The van der Waals surface area contributed by atoms with Crippen LogP contribution >= 0.6 is 0 Å². The molecule has 0 aromatic rings. The quantitative estimate of drug-likeness (QED) is 0.439. The molecule has 0 bridgehead atoms. The van der Waals surface area contributed by atoms with Crippen LogP contribution in [0.15, 0.2) is 0 Å². The molecule has 2 fully saturated rings. The van der Waals surface area contributed by atoms with Gasteiger partial charge in [0.1, 0.15) is 0 Å². The van der Waals surface area contributed by atoms with E-state index in [0.717, 1.165) is 25.7 Å². The fourth-order valence-corrected chi connectivity index (χ4v) is 4.17. The van der Waals surface area contributed by atoms with Crippen molar-refractivity contribution in [2.24, 2.45) is 11.8 Å². The molecular formula is C22H42O4. The van der Waals surface area contributed by atoms with Crippen LogP contribution in [0.3, 0.4) is 0 Å². The van der Waals surface area contributed by atoms with Gasteiger partial charge in [-0.25, -0.2) is 0 Å². The number of rotatable bonds is 11. The SMILES string of the molecule is CCC(CCCCCC1OC(C(CC)CC)OC1C)C1OC(C)C(C)O1. The number of ether oxygens (including phenoxy) is 4. The average molecular weight is 371 g/mol. The zero-order valence-corrected chi connectivity index (χ0v) is 17.9. The fraction of sp³-hybridized carbons (Fsp3) is 1.00. The van der Waals surface area contributed by atoms with Crippen LogP contribution in [0, 0.1) is 11.8 Å². The van der Waals surface area contributed by atoms with Crippen molar-refractivity contribution in [1.29, 1.82) is 0 Å². The minimum Gasteiger partial charge on any atom is -0.347 e. The molecule has 2 rings (SSSR count). The molecule has 6 unspecified atom stereocenters. The Bertz CT molecular complexity index is 374. The van der Waals surface area contributed by atoms with Crippen molar-refractivity contribution in [1.82, 2.24) is 0 Å². The van der Waals surface area contributed by atoms with E-state index in [4.69, 9.17) is 18.9 Å². The summed E-state index contributed by atoms with van der Waals surface area (Å²) >= 11 is 0. The third-order valence-corrected chi connectivity index (χ3v) is 6.45. The summed E-state index contributed by atoms with van der Waals surface area (Å²) in [5.41, 5.74) is 0. The normalized spacial score (nSPS) is 36.1. The van der Waals surface area contributed by atoms with Crippen molar-refractivity contribution in [3.63, 3.8) is 0 Å². The van der Waals surface area contributed by atoms with Gasteiger partial charge in [-0.3, -0.25) is 0 Å². The molecule has 2 aliphatic heterocycles. The van der Waals surface area contributed by atoms with Crippen molar-refractivity contribution >= 4 is 0 Å². The van der Waals surface area contributed by atoms with E-state index in [1.807, 2.05) is 0 Å². The molecule has 2 aliphatic rings. The smallest absolute Gasteiger partial charge is 0.161 e. The van der Waals surface area contributed by atoms with Crippen LogP contribution in [0.5, 0.6) is 0 Å². The molecule has 0 aliphatic carbocycles. The second-order valence-electron chi connectivity index (χ2n) is 8.32. The van der Waals surface area contributed by atoms with Crippen molar-refractivity contribution < 1.29 is 18.9 Å². The number of hydrogen-bond donors (Lipinski definition) is 0. The van der Waals surface area contributed by atoms with Gasteiger partial charge in [0.05, 0.1) is 24.4 Å². The number of unbranched alkanes of at least 4 members (excludes halogenated alkanes) is 2. The summed E-state index contributed by atoms with van der Waals surface area (Å²) in [6.45, 7) is 13.1. The molecule has 6 atom stereocenters. The summed E-state index contributed by atoms with van der Waals surface area (Å²) in [4.78, 5) is 0. The highest BCUT2D eigenvalue weighted by molar-refractivity contribution is 4.78. The summed E-state index contributed by atoms with van der Waals surface area (Å²) in [6.07, 6.45) is 10.3. The molecule has 0 aromatic heterocycles. The molecular weight excluding hydrogens is 328 g/mol. The lowest BCUT2D eigenvalue weighted by Gasteiger charge is -2.21. The molecule has 154 valence electrons. The van der Waals surface area contributed by atoms with Gasteiger partial charge in [-0.1, -0.05) is 40.0 Å². The minimum atomic E-state index is -0.00244. The molecule has 26 heavy (non-hydrogen) atoms. The van der Waals surface area contributed by atoms with Crippen LogP contribution in [-0.2, 0) is 18.9 Å². The Balaban J connectivity index is 1.62. The molecule has 0 spiro atoms. The summed E-state index contributed by atoms with van der Waals surface area (Å²) < 4.78 is 24.2. The third kappa shape index (κ3) is 5.92. The van der Waals surface area contributed by atoms with E-state index in [0.29, 0.717) is 11.8 Å². The zero-order chi connectivity index (χ0) is 19.1. The second-order valence-corrected chi connectivity index (χ2v) is 8.32. The summed E-state index contributed by atoms with van der Waals surface area (Å²) in [6, 6.07) is 0. The van der Waals surface area contributed by atoms with Crippen molar-refractivity contribution in [2.45, 2.75) is 130 Å². The summed E-state index contributed by atoms with van der Waals surface area (Å²) in [5, 5.41) is 0. The first-order chi connectivity index (χ1) is 12.5. The van der Waals surface area contributed by atoms with E-state index in [9.17, 15) is 0 Å². The maximum Gasteiger partial charge on any atom is 0.161 e. The van der Waals surface area contributed by atoms with E-state index >= 15 is 0 Å². The fourth-order valence-electron chi connectivity index (χ4n) is 4.17. The van der Waals surface area contributed by atoms with E-state index in [1.165, 1.54) is 25.7 Å². The molecule has 4 nitrogen and oxygen atoms in total. The Labute approximate surface area is 161 Å². The topological polar surface area (TPSA) is 36.9 Å². The van der Waals surface area contributed by atoms with Gasteiger partial charge in [0.15, 0.2) is 12.6 Å². The first-order valence-corrected chi connectivity index (χ1v) is 11.1. The van der Waals surface area contributed by atoms with Crippen LogP contribution in [0.25, 0.3) is 0 Å².